The van der Waals surface area contributed by atoms with Crippen molar-refractivity contribution in [1.82, 2.24) is 10.2 Å². The van der Waals surface area contributed by atoms with E-state index in [1.165, 1.54) is 0 Å². The van der Waals surface area contributed by atoms with Crippen LogP contribution in [0.5, 0.6) is 0 Å². The Bertz CT molecular complexity index is 338. The molecule has 1 heterocycles. The number of aromatic nitrogens is 2. The van der Waals surface area contributed by atoms with Gasteiger partial charge in [-0.3, -0.25) is 9.89 Å². The molecule has 0 radical (unpaired) electrons. The molecule has 1 amide bonds. The molecule has 0 bridgehead atoms. The maximum atomic E-state index is 11.6. The van der Waals surface area contributed by atoms with Crippen molar-refractivity contribution in [3.63, 3.8) is 0 Å². The zero-order valence-corrected chi connectivity index (χ0v) is 7.85. The lowest BCUT2D eigenvalue weighted by Gasteiger charge is -2.08. The Kier molecular flexibility index (Phi) is 1.65. The highest BCUT2D eigenvalue weighted by molar-refractivity contribution is 5.96. The second kappa shape index (κ2) is 2.58. The van der Waals surface area contributed by atoms with Gasteiger partial charge in [0.1, 0.15) is 5.82 Å². The normalized spacial score (nSPS) is 18.3. The number of hydrogen-bond acceptors (Lipinski definition) is 2. The van der Waals surface area contributed by atoms with E-state index in [2.05, 4.69) is 15.5 Å². The van der Waals surface area contributed by atoms with Crippen LogP contribution in [-0.2, 0) is 4.79 Å². The maximum Gasteiger partial charge on any atom is 0.231 e. The molecular weight excluding hydrogens is 166 g/mol. The molecule has 1 saturated carbocycles. The van der Waals surface area contributed by atoms with Crippen LogP contribution in [0.4, 0.5) is 5.82 Å². The molecule has 1 aliphatic carbocycles. The fraction of sp³-hybridized carbons (Fsp3) is 0.556. The summed E-state index contributed by atoms with van der Waals surface area (Å²) in [4.78, 5) is 11.6. The second-order valence-corrected chi connectivity index (χ2v) is 3.94. The minimum absolute atomic E-state index is 0.0971. The Labute approximate surface area is 76.7 Å². The first-order chi connectivity index (χ1) is 6.12. The van der Waals surface area contributed by atoms with Crippen LogP contribution in [0.15, 0.2) is 6.20 Å². The Morgan fingerprint density at radius 3 is 2.85 bits per heavy atom. The van der Waals surface area contributed by atoms with Crippen LogP contribution in [0, 0.1) is 12.3 Å². The van der Waals surface area contributed by atoms with E-state index in [1.54, 1.807) is 6.20 Å². The zero-order valence-electron chi connectivity index (χ0n) is 7.85. The molecule has 0 unspecified atom stereocenters. The van der Waals surface area contributed by atoms with E-state index >= 15 is 0 Å². The third kappa shape index (κ3) is 1.43. The number of aryl methyl sites for hydroxylation is 1. The molecule has 0 saturated heterocycles. The molecule has 4 nitrogen and oxygen atoms in total. The zero-order chi connectivity index (χ0) is 9.47. The van der Waals surface area contributed by atoms with Gasteiger partial charge in [-0.15, -0.1) is 0 Å². The van der Waals surface area contributed by atoms with Crippen molar-refractivity contribution in [1.29, 1.82) is 0 Å². The molecule has 0 atom stereocenters. The van der Waals surface area contributed by atoms with Crippen molar-refractivity contribution in [3.8, 4) is 0 Å². The summed E-state index contributed by atoms with van der Waals surface area (Å²) in [6.07, 6.45) is 3.68. The summed E-state index contributed by atoms with van der Waals surface area (Å²) in [6.45, 7) is 3.89. The molecule has 2 rings (SSSR count). The summed E-state index contributed by atoms with van der Waals surface area (Å²) in [5, 5.41) is 9.43. The average Bonchev–Trinajstić information content (AvgIpc) is 2.72. The summed E-state index contributed by atoms with van der Waals surface area (Å²) in [5.74, 6) is 0.818. The van der Waals surface area contributed by atoms with Gasteiger partial charge in [-0.2, -0.15) is 5.10 Å². The number of amides is 1. The second-order valence-electron chi connectivity index (χ2n) is 3.94. The van der Waals surface area contributed by atoms with Gasteiger partial charge in [0.25, 0.3) is 0 Å². The van der Waals surface area contributed by atoms with E-state index in [0.29, 0.717) is 0 Å². The number of nitrogens with one attached hydrogen (secondary N) is 2. The first kappa shape index (κ1) is 8.29. The molecule has 1 aromatic heterocycles. The molecule has 0 spiro atoms. The van der Waals surface area contributed by atoms with Gasteiger partial charge in [0.2, 0.25) is 5.91 Å². The highest BCUT2D eigenvalue weighted by atomic mass is 16.2. The Balaban J connectivity index is 2.06. The maximum absolute atomic E-state index is 11.6. The number of hydrogen-bond donors (Lipinski definition) is 2. The summed E-state index contributed by atoms with van der Waals surface area (Å²) in [6, 6.07) is 0. The summed E-state index contributed by atoms with van der Waals surface area (Å²) < 4.78 is 0. The van der Waals surface area contributed by atoms with Gasteiger partial charge in [-0.25, -0.2) is 0 Å². The van der Waals surface area contributed by atoms with E-state index in [0.717, 1.165) is 24.2 Å². The number of H-pyrrole nitrogens is 1. The van der Waals surface area contributed by atoms with Crippen LogP contribution >= 0.6 is 0 Å². The lowest BCUT2D eigenvalue weighted by molar-refractivity contribution is -0.120. The predicted octanol–water partition coefficient (Wildman–Crippen LogP) is 1.46. The van der Waals surface area contributed by atoms with E-state index in [-0.39, 0.29) is 11.3 Å². The van der Waals surface area contributed by atoms with Gasteiger partial charge in [0, 0.05) is 11.0 Å². The minimum atomic E-state index is -0.127. The van der Waals surface area contributed by atoms with Crippen LogP contribution in [0.2, 0.25) is 0 Å². The lowest BCUT2D eigenvalue weighted by Crippen LogP contribution is -2.21. The van der Waals surface area contributed by atoms with Crippen molar-refractivity contribution in [2.24, 2.45) is 5.41 Å². The summed E-state index contributed by atoms with van der Waals surface area (Å²) in [7, 11) is 0. The molecule has 4 heteroatoms. The molecule has 0 aliphatic heterocycles. The Morgan fingerprint density at radius 1 is 1.69 bits per heavy atom. The highest BCUT2D eigenvalue weighted by Gasteiger charge is 2.45. The largest absolute Gasteiger partial charge is 0.310 e. The number of nitrogens with zero attached hydrogens (tertiary/aromatic N) is 1. The first-order valence-electron chi connectivity index (χ1n) is 4.43. The topological polar surface area (TPSA) is 57.8 Å². The highest BCUT2D eigenvalue weighted by Crippen LogP contribution is 2.45. The van der Waals surface area contributed by atoms with Crippen LogP contribution in [0.25, 0.3) is 0 Å². The lowest BCUT2D eigenvalue weighted by atomic mass is 10.1. The van der Waals surface area contributed by atoms with Gasteiger partial charge in [-0.1, -0.05) is 6.92 Å². The Hall–Kier alpha value is -1.32. The molecule has 2 N–H and O–H groups in total. The first-order valence-corrected chi connectivity index (χ1v) is 4.43. The van der Waals surface area contributed by atoms with E-state index in [4.69, 9.17) is 0 Å². The van der Waals surface area contributed by atoms with Crippen LogP contribution in [0.3, 0.4) is 0 Å². The van der Waals surface area contributed by atoms with Gasteiger partial charge in [0.05, 0.1) is 6.20 Å². The summed E-state index contributed by atoms with van der Waals surface area (Å²) >= 11 is 0. The van der Waals surface area contributed by atoms with E-state index in [1.807, 2.05) is 13.8 Å². The molecule has 13 heavy (non-hydrogen) atoms. The molecule has 1 aromatic rings. The number of aromatic amines is 1. The van der Waals surface area contributed by atoms with E-state index in [9.17, 15) is 4.79 Å². The average molecular weight is 179 g/mol. The number of carbonyl (C=O) groups is 1. The van der Waals surface area contributed by atoms with Crippen LogP contribution in [0.1, 0.15) is 25.3 Å². The van der Waals surface area contributed by atoms with Crippen LogP contribution < -0.4 is 5.32 Å². The standard InChI is InChI=1S/C9H13N3O/c1-6-5-10-12-7(6)11-8(13)9(2)3-4-9/h5H,3-4H2,1-2H3,(H2,10,11,12,13). The molecular formula is C9H13N3O. The molecule has 0 aromatic carbocycles. The smallest absolute Gasteiger partial charge is 0.231 e. The van der Waals surface area contributed by atoms with Gasteiger partial charge in [-0.05, 0) is 19.8 Å². The van der Waals surface area contributed by atoms with Gasteiger partial charge < -0.3 is 5.32 Å². The van der Waals surface area contributed by atoms with Gasteiger partial charge >= 0.3 is 0 Å². The van der Waals surface area contributed by atoms with Crippen molar-refractivity contribution in [2.45, 2.75) is 26.7 Å². The van der Waals surface area contributed by atoms with Crippen molar-refractivity contribution in [2.75, 3.05) is 5.32 Å². The monoisotopic (exact) mass is 179 g/mol. The molecule has 1 aliphatic rings. The molecule has 70 valence electrons. The number of rotatable bonds is 2. The van der Waals surface area contributed by atoms with Crippen molar-refractivity contribution in [3.05, 3.63) is 11.8 Å². The third-order valence-corrected chi connectivity index (χ3v) is 2.62. The molecule has 1 fully saturated rings. The fourth-order valence-corrected chi connectivity index (χ4v) is 1.15. The summed E-state index contributed by atoms with van der Waals surface area (Å²) in [5.41, 5.74) is 0.843. The minimum Gasteiger partial charge on any atom is -0.310 e. The number of anilines is 1. The number of carbonyl (C=O) groups excluding carboxylic acids is 1. The predicted molar refractivity (Wildman–Crippen MR) is 49.3 cm³/mol. The van der Waals surface area contributed by atoms with E-state index < -0.39 is 0 Å². The van der Waals surface area contributed by atoms with Crippen molar-refractivity contribution >= 4 is 11.7 Å². The van der Waals surface area contributed by atoms with Gasteiger partial charge in [0.15, 0.2) is 0 Å². The van der Waals surface area contributed by atoms with Crippen molar-refractivity contribution < 1.29 is 4.79 Å². The fourth-order valence-electron chi connectivity index (χ4n) is 1.15. The SMILES string of the molecule is Cc1cn[nH]c1NC(=O)C1(C)CC1. The quantitative estimate of drug-likeness (QED) is 0.722. The third-order valence-electron chi connectivity index (χ3n) is 2.62. The Morgan fingerprint density at radius 2 is 2.38 bits per heavy atom. The van der Waals surface area contributed by atoms with Crippen LogP contribution in [-0.4, -0.2) is 16.1 Å².